The molecular weight excluding hydrogens is 735 g/mol. The summed E-state index contributed by atoms with van der Waals surface area (Å²) in [4.78, 5) is 65.7. The number of nitrogens with zero attached hydrogens (tertiary/aromatic N) is 9. The maximum absolute atomic E-state index is 13.7. The molecule has 57 heavy (non-hydrogen) atoms. The monoisotopic (exact) mass is 777 g/mol. The Labute approximate surface area is 326 Å². The van der Waals surface area contributed by atoms with Gasteiger partial charge in [0, 0.05) is 31.7 Å². The standard InChI is InChI=1S/C38H43N13O6/c1-6-50-27(14-20(3)46-50)34(54)44-37-41-25-16-23(31(39)52)17-29(57-19-22-10-11-22)30(25)48(37)12-8-9-13-49-33-26(18-24(32(40)53)36(43-33)56-5)42-38(49)45-35(55)28-15-21(4)47-51(28)7-2/h8-9,14-18,22H,6-7,10-13,19H2,1-5H3,(H2,39,52)(H2,40,53)(H,41,44,54)(H,42,45,55)/b9-8+. The number of carbonyl (C=O) groups excluding carboxylic acids is 4. The number of methoxy groups -OCH3 is 1. The molecule has 7 rings (SSSR count). The maximum atomic E-state index is 13.7. The number of pyridine rings is 1. The summed E-state index contributed by atoms with van der Waals surface area (Å²) >= 11 is 0. The highest BCUT2D eigenvalue weighted by atomic mass is 16.5. The molecule has 5 aromatic heterocycles. The number of imidazole rings is 2. The quantitative estimate of drug-likeness (QED) is 0.103. The third-order valence-corrected chi connectivity index (χ3v) is 9.47. The highest BCUT2D eigenvalue weighted by Crippen LogP contribution is 2.35. The number of hydrogen-bond acceptors (Lipinski definition) is 11. The van der Waals surface area contributed by atoms with Crippen LogP contribution in [0, 0.1) is 19.8 Å². The number of carbonyl (C=O) groups is 4. The number of rotatable bonds is 16. The van der Waals surface area contributed by atoms with E-state index in [4.69, 9.17) is 25.9 Å². The third kappa shape index (κ3) is 7.76. The first-order valence-electron chi connectivity index (χ1n) is 18.5. The Balaban J connectivity index is 1.27. The normalized spacial score (nSPS) is 12.8. The molecule has 0 bridgehead atoms. The second-order valence-corrected chi connectivity index (χ2v) is 13.7. The zero-order chi connectivity index (χ0) is 40.5. The highest BCUT2D eigenvalue weighted by molar-refractivity contribution is 6.05. The number of primary amides is 2. The third-order valence-electron chi connectivity index (χ3n) is 9.47. The minimum atomic E-state index is -0.753. The summed E-state index contributed by atoms with van der Waals surface area (Å²) in [5.41, 5.74) is 15.2. The molecule has 5 heterocycles. The van der Waals surface area contributed by atoms with E-state index in [1.54, 1.807) is 49.7 Å². The van der Waals surface area contributed by atoms with E-state index in [0.29, 0.717) is 76.3 Å². The average Bonchev–Trinajstić information content (AvgIpc) is 3.47. The number of hydrogen-bond donors (Lipinski definition) is 4. The smallest absolute Gasteiger partial charge is 0.276 e. The van der Waals surface area contributed by atoms with Gasteiger partial charge in [-0.1, -0.05) is 12.2 Å². The lowest BCUT2D eigenvalue weighted by molar-refractivity contribution is 0.0989. The number of aryl methyl sites for hydroxylation is 4. The Kier molecular flexibility index (Phi) is 10.5. The Bertz CT molecular complexity index is 2590. The molecule has 0 aliphatic heterocycles. The second kappa shape index (κ2) is 15.6. The zero-order valence-corrected chi connectivity index (χ0v) is 32.2. The van der Waals surface area contributed by atoms with Gasteiger partial charge in [-0.2, -0.15) is 15.2 Å². The van der Waals surface area contributed by atoms with E-state index in [0.717, 1.165) is 12.8 Å². The van der Waals surface area contributed by atoms with Crippen molar-refractivity contribution in [2.75, 3.05) is 24.4 Å². The number of allylic oxidation sites excluding steroid dienone is 2. The number of nitrogens with two attached hydrogens (primary N) is 2. The van der Waals surface area contributed by atoms with Gasteiger partial charge in [0.05, 0.1) is 30.6 Å². The summed E-state index contributed by atoms with van der Waals surface area (Å²) in [5.74, 6) is -1.11. The molecule has 0 atom stereocenters. The van der Waals surface area contributed by atoms with Gasteiger partial charge in [-0.25, -0.2) is 9.97 Å². The molecule has 19 nitrogen and oxygen atoms in total. The minimum absolute atomic E-state index is 0.00312. The number of fused-ring (bicyclic) bond motifs is 2. The molecule has 1 saturated carbocycles. The zero-order valence-electron chi connectivity index (χ0n) is 32.2. The topological polar surface area (TPSA) is 247 Å². The van der Waals surface area contributed by atoms with Gasteiger partial charge in [0.2, 0.25) is 23.7 Å². The van der Waals surface area contributed by atoms with E-state index in [2.05, 4.69) is 30.8 Å². The van der Waals surface area contributed by atoms with Crippen LogP contribution in [0.2, 0.25) is 0 Å². The van der Waals surface area contributed by atoms with Crippen LogP contribution in [0.1, 0.15) is 79.8 Å². The van der Waals surface area contributed by atoms with Crippen LogP contribution in [-0.4, -0.2) is 81.0 Å². The summed E-state index contributed by atoms with van der Waals surface area (Å²) in [6.45, 7) is 9.10. The molecule has 0 unspecified atom stereocenters. The van der Waals surface area contributed by atoms with Crippen LogP contribution in [0.15, 0.2) is 42.5 Å². The summed E-state index contributed by atoms with van der Waals surface area (Å²) in [6.07, 6.45) is 5.75. The van der Waals surface area contributed by atoms with E-state index < -0.39 is 23.6 Å². The summed E-state index contributed by atoms with van der Waals surface area (Å²) in [5, 5.41) is 14.6. The van der Waals surface area contributed by atoms with Gasteiger partial charge in [0.1, 0.15) is 33.7 Å². The second-order valence-electron chi connectivity index (χ2n) is 13.7. The lowest BCUT2D eigenvalue weighted by atomic mass is 10.1. The average molecular weight is 778 g/mol. The Morgan fingerprint density at radius 3 is 1.91 bits per heavy atom. The number of benzene rings is 1. The molecule has 1 aromatic carbocycles. The van der Waals surface area contributed by atoms with Crippen molar-refractivity contribution in [3.63, 3.8) is 0 Å². The lowest BCUT2D eigenvalue weighted by Crippen LogP contribution is -2.20. The van der Waals surface area contributed by atoms with Crippen LogP contribution >= 0.6 is 0 Å². The predicted octanol–water partition coefficient (Wildman–Crippen LogP) is 3.59. The molecule has 1 aliphatic rings. The van der Waals surface area contributed by atoms with Gasteiger partial charge in [-0.15, -0.1) is 0 Å². The van der Waals surface area contributed by atoms with Crippen LogP contribution < -0.4 is 31.6 Å². The van der Waals surface area contributed by atoms with Gasteiger partial charge < -0.3 is 25.5 Å². The Morgan fingerprint density at radius 1 is 0.789 bits per heavy atom. The van der Waals surface area contributed by atoms with Gasteiger partial charge in [-0.3, -0.25) is 43.7 Å². The lowest BCUT2D eigenvalue weighted by Gasteiger charge is -2.13. The number of anilines is 2. The van der Waals surface area contributed by atoms with Gasteiger partial charge >= 0.3 is 0 Å². The van der Waals surface area contributed by atoms with E-state index in [9.17, 15) is 19.2 Å². The Hall–Kier alpha value is -7.05. The van der Waals surface area contributed by atoms with E-state index in [1.165, 1.54) is 13.2 Å². The van der Waals surface area contributed by atoms with Crippen molar-refractivity contribution in [2.24, 2.45) is 17.4 Å². The van der Waals surface area contributed by atoms with Crippen molar-refractivity contribution in [1.29, 1.82) is 0 Å². The number of amides is 4. The fraction of sp³-hybridized carbons (Fsp3) is 0.342. The van der Waals surface area contributed by atoms with Gasteiger partial charge in [0.15, 0.2) is 5.65 Å². The first-order chi connectivity index (χ1) is 27.4. The molecule has 4 amide bonds. The maximum Gasteiger partial charge on any atom is 0.276 e. The van der Waals surface area contributed by atoms with Gasteiger partial charge in [0.25, 0.3) is 17.7 Å². The molecule has 6 aromatic rings. The van der Waals surface area contributed by atoms with Crippen LogP contribution in [-0.2, 0) is 26.2 Å². The molecular formula is C38H43N13O6. The summed E-state index contributed by atoms with van der Waals surface area (Å²) in [6, 6.07) is 7.99. The molecule has 0 spiro atoms. The summed E-state index contributed by atoms with van der Waals surface area (Å²) < 4.78 is 18.3. The molecule has 0 saturated heterocycles. The molecule has 19 heteroatoms. The first kappa shape index (κ1) is 38.2. The first-order valence-corrected chi connectivity index (χ1v) is 18.5. The van der Waals surface area contributed by atoms with E-state index in [1.807, 2.05) is 32.9 Å². The van der Waals surface area contributed by atoms with Gasteiger partial charge in [-0.05, 0) is 76.8 Å². The largest absolute Gasteiger partial charge is 0.491 e. The van der Waals surface area contributed by atoms with Crippen molar-refractivity contribution < 1.29 is 28.7 Å². The van der Waals surface area contributed by atoms with E-state index >= 15 is 0 Å². The molecule has 6 N–H and O–H groups in total. The highest BCUT2D eigenvalue weighted by Gasteiger charge is 2.26. The SMILES string of the molecule is CCn1nc(C)cc1C(=O)Nc1nc2cc(C(N)=O)c(OC)nc2n1C/C=C/Cn1c(NC(=O)c2cc(C)nn2CC)nc2cc(C(N)=O)cc(OCC3CC3)c21. The van der Waals surface area contributed by atoms with Crippen molar-refractivity contribution in [3.05, 3.63) is 76.4 Å². The predicted molar refractivity (Wildman–Crippen MR) is 209 cm³/mol. The molecule has 0 radical (unpaired) electrons. The van der Waals surface area contributed by atoms with Crippen LogP contribution in [0.25, 0.3) is 22.2 Å². The molecule has 296 valence electrons. The van der Waals surface area contributed by atoms with E-state index in [-0.39, 0.29) is 42.0 Å². The van der Waals surface area contributed by atoms with Crippen molar-refractivity contribution in [3.8, 4) is 11.6 Å². The van der Waals surface area contributed by atoms with Crippen LogP contribution in [0.4, 0.5) is 11.9 Å². The number of nitrogens with one attached hydrogen (secondary N) is 2. The van der Waals surface area contributed by atoms with Crippen LogP contribution in [0.3, 0.4) is 0 Å². The fourth-order valence-corrected chi connectivity index (χ4v) is 6.51. The number of ether oxygens (including phenoxy) is 2. The van der Waals surface area contributed by atoms with Crippen molar-refractivity contribution >= 4 is 57.7 Å². The molecule has 1 aliphatic carbocycles. The fourth-order valence-electron chi connectivity index (χ4n) is 6.51. The van der Waals surface area contributed by atoms with Crippen LogP contribution in [0.5, 0.6) is 11.6 Å². The number of aromatic nitrogens is 9. The minimum Gasteiger partial charge on any atom is -0.491 e. The van der Waals surface area contributed by atoms with Crippen molar-refractivity contribution in [1.82, 2.24) is 43.6 Å². The molecule has 1 fully saturated rings. The van der Waals surface area contributed by atoms with Crippen molar-refractivity contribution in [2.45, 2.75) is 66.7 Å². The Morgan fingerprint density at radius 2 is 1.37 bits per heavy atom. The summed E-state index contributed by atoms with van der Waals surface area (Å²) in [7, 11) is 1.37.